The molecule has 1 aromatic rings. The van der Waals surface area contributed by atoms with E-state index in [-0.39, 0.29) is 5.78 Å². The molecule has 0 bridgehead atoms. The monoisotopic (exact) mass is 201 g/mol. The van der Waals surface area contributed by atoms with Crippen LogP contribution < -0.4 is 5.32 Å². The van der Waals surface area contributed by atoms with Crippen LogP contribution in [0.3, 0.4) is 0 Å². The van der Waals surface area contributed by atoms with Crippen LogP contribution in [-0.2, 0) is 4.79 Å². The summed E-state index contributed by atoms with van der Waals surface area (Å²) in [5.41, 5.74) is 2.96. The molecule has 0 atom stereocenters. The van der Waals surface area contributed by atoms with Crippen LogP contribution in [0.25, 0.3) is 5.57 Å². The molecule has 3 heteroatoms. The van der Waals surface area contributed by atoms with Gasteiger partial charge in [-0.05, 0) is 17.6 Å². The first kappa shape index (κ1) is 9.65. The summed E-state index contributed by atoms with van der Waals surface area (Å²) in [6, 6.07) is 7.41. The van der Waals surface area contributed by atoms with Gasteiger partial charge in [-0.2, -0.15) is 0 Å². The second-order valence-corrected chi connectivity index (χ2v) is 3.34. The smallest absolute Gasteiger partial charge is 0.211 e. The first-order valence-electron chi connectivity index (χ1n) is 4.87. The summed E-state index contributed by atoms with van der Waals surface area (Å²) in [7, 11) is 0. The molecule has 0 aromatic heterocycles. The van der Waals surface area contributed by atoms with E-state index in [0.717, 1.165) is 17.6 Å². The highest BCUT2D eigenvalue weighted by atomic mass is 16.1. The Bertz CT molecular complexity index is 460. The molecule has 76 valence electrons. The average Bonchev–Trinajstić information content (AvgIpc) is 2.54. The summed E-state index contributed by atoms with van der Waals surface area (Å²) < 4.78 is 0. The van der Waals surface area contributed by atoms with Crippen molar-refractivity contribution >= 4 is 17.8 Å². The van der Waals surface area contributed by atoms with Crippen LogP contribution in [0.2, 0.25) is 0 Å². The Morgan fingerprint density at radius 1 is 1.27 bits per heavy atom. The number of allylic oxidation sites excluding steroid dienone is 2. The lowest BCUT2D eigenvalue weighted by Gasteiger charge is -2.01. The van der Waals surface area contributed by atoms with E-state index < -0.39 is 0 Å². The second-order valence-electron chi connectivity index (χ2n) is 3.34. The third-order valence-electron chi connectivity index (χ3n) is 2.58. The van der Waals surface area contributed by atoms with Gasteiger partial charge in [-0.15, -0.1) is 0 Å². The van der Waals surface area contributed by atoms with Gasteiger partial charge in [0.1, 0.15) is 0 Å². The van der Waals surface area contributed by atoms with Crippen LogP contribution in [0.1, 0.15) is 29.3 Å². The molecule has 3 nitrogen and oxygen atoms in total. The van der Waals surface area contributed by atoms with Gasteiger partial charge >= 0.3 is 0 Å². The van der Waals surface area contributed by atoms with E-state index in [1.54, 1.807) is 6.07 Å². The fourth-order valence-electron chi connectivity index (χ4n) is 1.93. The standard InChI is InChI=1S/C12H11NO2/c1-2-8-9-5-3-4-6-10(9)12(15)11(8)13-7-14/h3-7H,2H2,1H3,(H,13,14,15). The van der Waals surface area contributed by atoms with Gasteiger partial charge in [-0.1, -0.05) is 31.2 Å². The highest BCUT2D eigenvalue weighted by molar-refractivity contribution is 6.21. The topological polar surface area (TPSA) is 46.2 Å². The lowest BCUT2D eigenvalue weighted by atomic mass is 10.0. The second kappa shape index (κ2) is 3.69. The fraction of sp³-hybridized carbons (Fsp3) is 0.167. The Morgan fingerprint density at radius 3 is 2.53 bits per heavy atom. The zero-order valence-corrected chi connectivity index (χ0v) is 8.41. The Balaban J connectivity index is 2.58. The van der Waals surface area contributed by atoms with Gasteiger partial charge in [-0.25, -0.2) is 0 Å². The molecule has 0 fully saturated rings. The number of rotatable bonds is 3. The van der Waals surface area contributed by atoms with E-state index in [1.165, 1.54) is 0 Å². The van der Waals surface area contributed by atoms with Gasteiger partial charge in [0.25, 0.3) is 0 Å². The first-order chi connectivity index (χ1) is 7.29. The van der Waals surface area contributed by atoms with Crippen LogP contribution in [0.15, 0.2) is 30.0 Å². The minimum atomic E-state index is -0.0884. The zero-order valence-electron chi connectivity index (χ0n) is 8.41. The number of hydrogen-bond donors (Lipinski definition) is 1. The molecule has 0 aliphatic heterocycles. The average molecular weight is 201 g/mol. The maximum atomic E-state index is 11.9. The summed E-state index contributed by atoms with van der Waals surface area (Å²) in [6.45, 7) is 1.97. The molecule has 1 amide bonds. The minimum absolute atomic E-state index is 0.0884. The molecule has 0 spiro atoms. The molecule has 1 N–H and O–H groups in total. The van der Waals surface area contributed by atoms with Crippen molar-refractivity contribution in [2.24, 2.45) is 0 Å². The number of Topliss-reactive ketones (excluding diaryl/α,β-unsaturated/α-hetero) is 1. The Labute approximate surface area is 87.8 Å². The quantitative estimate of drug-likeness (QED) is 0.757. The van der Waals surface area contributed by atoms with Crippen molar-refractivity contribution in [2.45, 2.75) is 13.3 Å². The highest BCUT2D eigenvalue weighted by Gasteiger charge is 2.27. The van der Waals surface area contributed by atoms with Gasteiger partial charge in [0.15, 0.2) is 0 Å². The van der Waals surface area contributed by atoms with E-state index >= 15 is 0 Å². The van der Waals surface area contributed by atoms with E-state index in [1.807, 2.05) is 25.1 Å². The van der Waals surface area contributed by atoms with Gasteiger partial charge in [-0.3, -0.25) is 9.59 Å². The SMILES string of the molecule is CCC1=C(NC=O)C(=O)c2ccccc21. The Hall–Kier alpha value is -1.90. The lowest BCUT2D eigenvalue weighted by Crippen LogP contribution is -2.16. The molecule has 15 heavy (non-hydrogen) atoms. The Kier molecular flexibility index (Phi) is 2.37. The molecule has 0 unspecified atom stereocenters. The predicted octanol–water partition coefficient (Wildman–Crippen LogP) is 1.75. The molecule has 1 aliphatic rings. The van der Waals surface area contributed by atoms with Crippen LogP contribution in [0, 0.1) is 0 Å². The van der Waals surface area contributed by atoms with Gasteiger partial charge in [0.05, 0.1) is 5.70 Å². The number of hydrogen-bond acceptors (Lipinski definition) is 2. The maximum Gasteiger partial charge on any atom is 0.211 e. The molecule has 0 saturated carbocycles. The minimum Gasteiger partial charge on any atom is -0.325 e. The summed E-state index contributed by atoms with van der Waals surface area (Å²) in [4.78, 5) is 22.3. The number of amides is 1. The molecule has 2 rings (SSSR count). The van der Waals surface area contributed by atoms with Crippen LogP contribution in [0.4, 0.5) is 0 Å². The third-order valence-corrected chi connectivity index (χ3v) is 2.58. The summed E-state index contributed by atoms with van der Waals surface area (Å²) in [5, 5.41) is 2.49. The number of carbonyl (C=O) groups excluding carboxylic acids is 2. The lowest BCUT2D eigenvalue weighted by molar-refractivity contribution is -0.108. The third kappa shape index (κ3) is 1.36. The molecular weight excluding hydrogens is 190 g/mol. The summed E-state index contributed by atoms with van der Waals surface area (Å²) in [5.74, 6) is -0.0884. The molecular formula is C12H11NO2. The fourth-order valence-corrected chi connectivity index (χ4v) is 1.93. The van der Waals surface area contributed by atoms with Gasteiger partial charge in [0.2, 0.25) is 12.2 Å². The molecule has 1 aromatic carbocycles. The largest absolute Gasteiger partial charge is 0.325 e. The first-order valence-corrected chi connectivity index (χ1v) is 4.87. The van der Waals surface area contributed by atoms with Crippen LogP contribution >= 0.6 is 0 Å². The number of nitrogens with one attached hydrogen (secondary N) is 1. The zero-order chi connectivity index (χ0) is 10.8. The van der Waals surface area contributed by atoms with Gasteiger partial charge in [0, 0.05) is 5.56 Å². The molecule has 0 radical (unpaired) electrons. The van der Waals surface area contributed by atoms with Crippen molar-refractivity contribution in [3.8, 4) is 0 Å². The normalized spacial score (nSPS) is 14.1. The van der Waals surface area contributed by atoms with Crippen molar-refractivity contribution in [3.05, 3.63) is 41.1 Å². The molecule has 1 aliphatic carbocycles. The molecule has 0 heterocycles. The molecule has 0 saturated heterocycles. The Morgan fingerprint density at radius 2 is 1.93 bits per heavy atom. The van der Waals surface area contributed by atoms with E-state index in [9.17, 15) is 9.59 Å². The summed E-state index contributed by atoms with van der Waals surface area (Å²) in [6.07, 6.45) is 1.29. The van der Waals surface area contributed by atoms with Crippen molar-refractivity contribution in [1.82, 2.24) is 5.32 Å². The maximum absolute atomic E-state index is 11.9. The van der Waals surface area contributed by atoms with Crippen molar-refractivity contribution in [1.29, 1.82) is 0 Å². The van der Waals surface area contributed by atoms with E-state index in [0.29, 0.717) is 17.7 Å². The van der Waals surface area contributed by atoms with Crippen molar-refractivity contribution in [2.75, 3.05) is 0 Å². The van der Waals surface area contributed by atoms with Crippen LogP contribution in [0.5, 0.6) is 0 Å². The number of carbonyl (C=O) groups is 2. The van der Waals surface area contributed by atoms with Crippen molar-refractivity contribution in [3.63, 3.8) is 0 Å². The van der Waals surface area contributed by atoms with Crippen molar-refractivity contribution < 1.29 is 9.59 Å². The highest BCUT2D eigenvalue weighted by Crippen LogP contribution is 2.32. The number of ketones is 1. The predicted molar refractivity (Wildman–Crippen MR) is 57.2 cm³/mol. The number of fused-ring (bicyclic) bond motifs is 1. The van der Waals surface area contributed by atoms with Gasteiger partial charge < -0.3 is 5.32 Å². The summed E-state index contributed by atoms with van der Waals surface area (Å²) >= 11 is 0. The van der Waals surface area contributed by atoms with E-state index in [4.69, 9.17) is 0 Å². The van der Waals surface area contributed by atoms with E-state index in [2.05, 4.69) is 5.32 Å². The van der Waals surface area contributed by atoms with Crippen LogP contribution in [-0.4, -0.2) is 12.2 Å². The number of benzene rings is 1.